The summed E-state index contributed by atoms with van der Waals surface area (Å²) in [4.78, 5) is 75.4. The van der Waals surface area contributed by atoms with Crippen LogP contribution in [0.2, 0.25) is 0 Å². The molecular formula is C30H40N4O6. The molecule has 4 N–H and O–H groups in total. The zero-order chi connectivity index (χ0) is 29.1. The number of aryl methyl sites for hydroxylation is 1. The van der Waals surface area contributed by atoms with E-state index in [4.69, 9.17) is 5.73 Å². The van der Waals surface area contributed by atoms with Crippen LogP contribution in [0.5, 0.6) is 0 Å². The van der Waals surface area contributed by atoms with Crippen molar-refractivity contribution < 1.29 is 28.8 Å². The molecule has 0 unspecified atom stereocenters. The molecule has 5 amide bonds. The van der Waals surface area contributed by atoms with Crippen molar-refractivity contribution in [3.63, 3.8) is 0 Å². The first-order valence-corrected chi connectivity index (χ1v) is 14.1. The minimum Gasteiger partial charge on any atom is -0.352 e. The number of primary amides is 1. The van der Waals surface area contributed by atoms with Crippen molar-refractivity contribution in [2.24, 2.45) is 17.1 Å². The smallest absolute Gasteiger partial charge is 0.312 e. The van der Waals surface area contributed by atoms with Gasteiger partial charge in [0, 0.05) is 49.7 Å². The number of nitrogens with zero attached hydrogens (tertiary/aromatic N) is 1. The number of imide groups is 1. The first kappa shape index (κ1) is 30.7. The summed E-state index contributed by atoms with van der Waals surface area (Å²) in [5.41, 5.74) is 5.80. The minimum atomic E-state index is -1.02. The second-order valence-electron chi connectivity index (χ2n) is 10.8. The topological polar surface area (TPSA) is 156 Å². The monoisotopic (exact) mass is 552 g/mol. The maximum Gasteiger partial charge on any atom is 0.312 e. The number of unbranched alkanes of at least 4 members (excludes halogenated alkanes) is 3. The van der Waals surface area contributed by atoms with E-state index in [0.717, 1.165) is 24.8 Å². The first-order valence-electron chi connectivity index (χ1n) is 14.1. The van der Waals surface area contributed by atoms with Crippen LogP contribution in [0.15, 0.2) is 36.4 Å². The molecule has 3 rings (SSSR count). The van der Waals surface area contributed by atoms with Gasteiger partial charge in [-0.1, -0.05) is 37.0 Å². The van der Waals surface area contributed by atoms with Gasteiger partial charge in [0.1, 0.15) is 11.6 Å². The number of nitrogens with one attached hydrogen (secondary N) is 2. The van der Waals surface area contributed by atoms with E-state index in [1.165, 1.54) is 17.1 Å². The van der Waals surface area contributed by atoms with Gasteiger partial charge in [-0.25, -0.2) is 4.79 Å². The van der Waals surface area contributed by atoms with Crippen molar-refractivity contribution in [3.8, 4) is 0 Å². The summed E-state index contributed by atoms with van der Waals surface area (Å²) in [6, 6.07) is 6.73. The molecule has 1 aliphatic heterocycles. The van der Waals surface area contributed by atoms with E-state index < -0.39 is 17.4 Å². The predicted molar refractivity (Wildman–Crippen MR) is 150 cm³/mol. The number of benzene rings is 1. The number of carbonyl (C=O) groups is 6. The van der Waals surface area contributed by atoms with Gasteiger partial charge in [0.15, 0.2) is 0 Å². The number of amides is 5. The Hall–Kier alpha value is -3.82. The zero-order valence-electron chi connectivity index (χ0n) is 23.2. The van der Waals surface area contributed by atoms with Gasteiger partial charge in [-0.15, -0.1) is 0 Å². The number of hydrogen-bond acceptors (Lipinski definition) is 6. The number of anilines is 1. The lowest BCUT2D eigenvalue weighted by Crippen LogP contribution is -2.46. The Kier molecular flexibility index (Phi) is 11.2. The summed E-state index contributed by atoms with van der Waals surface area (Å²) >= 11 is 0. The van der Waals surface area contributed by atoms with E-state index in [2.05, 4.69) is 10.6 Å². The van der Waals surface area contributed by atoms with Crippen LogP contribution in [0.4, 0.5) is 10.5 Å². The molecule has 0 saturated heterocycles. The van der Waals surface area contributed by atoms with E-state index >= 15 is 0 Å². The lowest BCUT2D eigenvalue weighted by molar-refractivity contribution is -0.148. The number of urea groups is 1. The Morgan fingerprint density at radius 3 is 2.17 bits per heavy atom. The number of hydrogen-bond donors (Lipinski definition) is 3. The highest BCUT2D eigenvalue weighted by atomic mass is 16.2. The second-order valence-corrected chi connectivity index (χ2v) is 10.8. The number of ketones is 2. The Morgan fingerprint density at radius 2 is 1.57 bits per heavy atom. The molecule has 40 heavy (non-hydrogen) atoms. The van der Waals surface area contributed by atoms with E-state index in [1.54, 1.807) is 12.1 Å². The molecule has 1 aromatic rings. The quantitative estimate of drug-likeness (QED) is 0.152. The summed E-state index contributed by atoms with van der Waals surface area (Å²) in [7, 11) is 0. The second kappa shape index (κ2) is 14.5. The van der Waals surface area contributed by atoms with Crippen LogP contribution in [-0.4, -0.2) is 53.3 Å². The molecular weight excluding hydrogens is 512 g/mol. The van der Waals surface area contributed by atoms with Crippen molar-refractivity contribution in [2.75, 3.05) is 18.4 Å². The van der Waals surface area contributed by atoms with E-state index in [1.807, 2.05) is 19.1 Å². The van der Waals surface area contributed by atoms with Crippen molar-refractivity contribution in [1.29, 1.82) is 0 Å². The van der Waals surface area contributed by atoms with Crippen LogP contribution < -0.4 is 16.4 Å². The largest absolute Gasteiger partial charge is 0.352 e. The Bertz CT molecular complexity index is 1120. The molecule has 0 spiro atoms. The molecule has 0 aromatic heterocycles. The third-order valence-corrected chi connectivity index (χ3v) is 7.86. The van der Waals surface area contributed by atoms with Crippen molar-refractivity contribution in [3.05, 3.63) is 42.0 Å². The summed E-state index contributed by atoms with van der Waals surface area (Å²) in [6.07, 6.45) is 8.26. The fourth-order valence-electron chi connectivity index (χ4n) is 5.23. The molecule has 216 valence electrons. The number of rotatable bonds is 17. The SMILES string of the molecule is Cc1ccc(NC(=O)[C@H](CCCNC(N)=O)CC(=O)C2(C(=O)CCCCCCN3C(=O)C=CC3=O)CCC2)cc1. The van der Waals surface area contributed by atoms with Gasteiger partial charge in [-0.3, -0.25) is 28.9 Å². The molecule has 1 saturated carbocycles. The lowest BCUT2D eigenvalue weighted by atomic mass is 9.61. The Labute approximate surface area is 235 Å². The molecule has 0 radical (unpaired) electrons. The van der Waals surface area contributed by atoms with Crippen LogP contribution >= 0.6 is 0 Å². The van der Waals surface area contributed by atoms with E-state index in [9.17, 15) is 28.8 Å². The molecule has 10 heteroatoms. The molecule has 1 heterocycles. The number of nitrogens with two attached hydrogens (primary N) is 1. The van der Waals surface area contributed by atoms with Crippen LogP contribution in [0, 0.1) is 18.3 Å². The van der Waals surface area contributed by atoms with Gasteiger partial charge in [-0.05, 0) is 57.6 Å². The molecule has 1 aliphatic carbocycles. The lowest BCUT2D eigenvalue weighted by Gasteiger charge is -2.39. The first-order chi connectivity index (χ1) is 19.1. The molecule has 10 nitrogen and oxygen atoms in total. The van der Waals surface area contributed by atoms with Crippen LogP contribution in [-0.2, 0) is 24.0 Å². The molecule has 0 bridgehead atoms. The van der Waals surface area contributed by atoms with E-state index in [-0.39, 0.29) is 42.1 Å². The van der Waals surface area contributed by atoms with Crippen LogP contribution in [0.1, 0.15) is 76.2 Å². The summed E-state index contributed by atoms with van der Waals surface area (Å²) in [6.45, 7) is 2.60. The molecule has 1 fully saturated rings. The highest BCUT2D eigenvalue weighted by molar-refractivity contribution is 6.13. The van der Waals surface area contributed by atoms with Crippen LogP contribution in [0.25, 0.3) is 0 Å². The molecule has 1 aromatic carbocycles. The number of carbonyl (C=O) groups excluding carboxylic acids is 6. The fourth-order valence-corrected chi connectivity index (χ4v) is 5.23. The van der Waals surface area contributed by atoms with Gasteiger partial charge in [0.2, 0.25) is 5.91 Å². The third kappa shape index (κ3) is 8.34. The van der Waals surface area contributed by atoms with Gasteiger partial charge in [-0.2, -0.15) is 0 Å². The standard InChI is InChI=1S/C30H40N4O6/c1-21-10-12-23(13-11-21)33-28(39)22(8-6-18-32-29(31)40)20-25(36)30(16-7-17-30)24(35)9-4-2-3-5-19-34-26(37)14-15-27(34)38/h10-15,22H,2-9,16-20H2,1H3,(H,33,39)(H3,31,32,40)/t22-/m1/s1. The van der Waals surface area contributed by atoms with Gasteiger partial charge < -0.3 is 16.4 Å². The summed E-state index contributed by atoms with van der Waals surface area (Å²) < 4.78 is 0. The fraction of sp³-hybridized carbons (Fsp3) is 0.533. The van der Waals surface area contributed by atoms with Crippen molar-refractivity contribution >= 4 is 41.0 Å². The Balaban J connectivity index is 1.52. The van der Waals surface area contributed by atoms with Gasteiger partial charge in [0.25, 0.3) is 11.8 Å². The summed E-state index contributed by atoms with van der Waals surface area (Å²) in [5, 5.41) is 5.39. The van der Waals surface area contributed by atoms with Crippen LogP contribution in [0.3, 0.4) is 0 Å². The summed E-state index contributed by atoms with van der Waals surface area (Å²) in [5.74, 6) is -1.76. The predicted octanol–water partition coefficient (Wildman–Crippen LogP) is 3.57. The minimum absolute atomic E-state index is 0.0358. The highest BCUT2D eigenvalue weighted by Gasteiger charge is 2.49. The normalized spacial score (nSPS) is 16.4. The van der Waals surface area contributed by atoms with E-state index in [0.29, 0.717) is 57.3 Å². The van der Waals surface area contributed by atoms with Gasteiger partial charge >= 0.3 is 6.03 Å². The maximum atomic E-state index is 13.5. The van der Waals surface area contributed by atoms with Crippen molar-refractivity contribution in [2.45, 2.75) is 77.6 Å². The average Bonchev–Trinajstić information content (AvgIpc) is 3.20. The number of Topliss-reactive ketones (excluding diaryl/α,β-unsaturated/α-hetero) is 2. The van der Waals surface area contributed by atoms with Crippen molar-refractivity contribution in [1.82, 2.24) is 10.2 Å². The zero-order valence-corrected chi connectivity index (χ0v) is 23.2. The molecule has 2 aliphatic rings. The highest BCUT2D eigenvalue weighted by Crippen LogP contribution is 2.45. The average molecular weight is 553 g/mol. The maximum absolute atomic E-state index is 13.5. The Morgan fingerprint density at radius 1 is 0.925 bits per heavy atom. The van der Waals surface area contributed by atoms with Gasteiger partial charge in [0.05, 0.1) is 5.41 Å². The molecule has 1 atom stereocenters. The third-order valence-electron chi connectivity index (χ3n) is 7.86.